The molecule has 1 atom stereocenters. The normalized spacial score (nSPS) is 17.0. The van der Waals surface area contributed by atoms with E-state index in [1.165, 1.54) is 12.0 Å². The average Bonchev–Trinajstić information content (AvgIpc) is 3.08. The lowest BCUT2D eigenvalue weighted by molar-refractivity contribution is -0.132. The fourth-order valence-corrected chi connectivity index (χ4v) is 4.59. The van der Waals surface area contributed by atoms with Crippen molar-refractivity contribution in [3.05, 3.63) is 99.1 Å². The number of nitrogens with zero attached hydrogens (tertiary/aromatic N) is 2. The molecule has 0 radical (unpaired) electrons. The molecular weight excluding hydrogens is 452 g/mol. The van der Waals surface area contributed by atoms with Crippen LogP contribution in [0.4, 0.5) is 5.69 Å². The Balaban J connectivity index is 2.02. The van der Waals surface area contributed by atoms with Crippen LogP contribution in [0.25, 0.3) is 5.76 Å². The Kier molecular flexibility index (Phi) is 6.14. The Labute approximate surface area is 202 Å². The van der Waals surface area contributed by atoms with Gasteiger partial charge in [-0.15, -0.1) is 0 Å². The fourth-order valence-electron chi connectivity index (χ4n) is 4.24. The van der Waals surface area contributed by atoms with E-state index >= 15 is 0 Å². The van der Waals surface area contributed by atoms with Gasteiger partial charge in [0, 0.05) is 5.69 Å². The number of ether oxygens (including phenoxy) is 1. The molecule has 1 aliphatic heterocycles. The van der Waals surface area contributed by atoms with E-state index in [1.54, 1.807) is 43.3 Å². The van der Waals surface area contributed by atoms with Gasteiger partial charge in [0.2, 0.25) is 0 Å². The number of rotatable bonds is 4. The number of Topliss-reactive ketones (excluding diaryl/α,β-unsaturated/α-hetero) is 1. The molecule has 3 aromatic carbocycles. The third kappa shape index (κ3) is 3.81. The number of aliphatic hydroxyl groups is 1. The molecule has 1 unspecified atom stereocenters. The molecule has 0 spiro atoms. The number of benzene rings is 3. The summed E-state index contributed by atoms with van der Waals surface area (Å²) in [4.78, 5) is 28.0. The third-order valence-corrected chi connectivity index (χ3v) is 6.13. The van der Waals surface area contributed by atoms with E-state index < -0.39 is 17.7 Å². The number of hydrogen-bond acceptors (Lipinski definition) is 5. The third-order valence-electron chi connectivity index (χ3n) is 5.85. The quantitative estimate of drug-likeness (QED) is 0.309. The highest BCUT2D eigenvalue weighted by Crippen LogP contribution is 2.45. The van der Waals surface area contributed by atoms with Crippen molar-refractivity contribution >= 4 is 34.7 Å². The minimum Gasteiger partial charge on any atom is -0.507 e. The molecule has 3 aromatic rings. The Morgan fingerprint density at radius 1 is 1.09 bits per heavy atom. The van der Waals surface area contributed by atoms with Gasteiger partial charge < -0.3 is 9.84 Å². The van der Waals surface area contributed by atoms with Gasteiger partial charge in [0.1, 0.15) is 11.5 Å². The molecule has 1 aliphatic rings. The second kappa shape index (κ2) is 9.05. The molecule has 170 valence electrons. The van der Waals surface area contributed by atoms with E-state index in [4.69, 9.17) is 21.6 Å². The van der Waals surface area contributed by atoms with Crippen molar-refractivity contribution in [3.63, 3.8) is 0 Å². The number of halogens is 1. The SMILES string of the molecule is COc1c(Cl)cc(C)cc1/C(O)=C1\C(=O)C(=O)N(c2ccc(C#N)cc2)C1c1ccccc1C. The fraction of sp³-hybridized carbons (Fsp3) is 0.148. The van der Waals surface area contributed by atoms with Gasteiger partial charge in [0.25, 0.3) is 11.7 Å². The van der Waals surface area contributed by atoms with Gasteiger partial charge in [-0.1, -0.05) is 35.9 Å². The Bertz CT molecular complexity index is 1390. The second-order valence-corrected chi connectivity index (χ2v) is 8.42. The summed E-state index contributed by atoms with van der Waals surface area (Å²) >= 11 is 6.34. The van der Waals surface area contributed by atoms with Gasteiger partial charge in [-0.2, -0.15) is 5.26 Å². The number of aryl methyl sites for hydroxylation is 2. The van der Waals surface area contributed by atoms with Crippen molar-refractivity contribution in [1.82, 2.24) is 0 Å². The first-order valence-electron chi connectivity index (χ1n) is 10.5. The zero-order valence-corrected chi connectivity index (χ0v) is 19.6. The lowest BCUT2D eigenvalue weighted by Crippen LogP contribution is -2.29. The van der Waals surface area contributed by atoms with Crippen LogP contribution in [-0.4, -0.2) is 23.9 Å². The van der Waals surface area contributed by atoms with Gasteiger partial charge in [0.15, 0.2) is 0 Å². The maximum Gasteiger partial charge on any atom is 0.300 e. The van der Waals surface area contributed by atoms with Gasteiger partial charge >= 0.3 is 0 Å². The zero-order chi connectivity index (χ0) is 24.6. The molecule has 1 N–H and O–H groups in total. The standard InChI is InChI=1S/C27H21ClN2O4/c1-15-12-20(26(34-3)21(28)13-15)24(31)22-23(19-7-5-4-6-16(19)2)30(27(33)25(22)32)18-10-8-17(14-29)9-11-18/h4-13,23,31H,1-3H3/b24-22+. The van der Waals surface area contributed by atoms with Gasteiger partial charge in [-0.25, -0.2) is 0 Å². The van der Waals surface area contributed by atoms with Crippen LogP contribution >= 0.6 is 11.6 Å². The predicted molar refractivity (Wildman–Crippen MR) is 130 cm³/mol. The van der Waals surface area contributed by atoms with Crippen LogP contribution in [0, 0.1) is 25.2 Å². The molecule has 0 bridgehead atoms. The van der Waals surface area contributed by atoms with Crippen LogP contribution in [0.1, 0.15) is 33.9 Å². The molecule has 34 heavy (non-hydrogen) atoms. The summed E-state index contributed by atoms with van der Waals surface area (Å²) < 4.78 is 5.41. The number of carbonyl (C=O) groups excluding carboxylic acids is 2. The molecule has 1 heterocycles. The van der Waals surface area contributed by atoms with Crippen molar-refractivity contribution < 1.29 is 19.4 Å². The molecule has 1 saturated heterocycles. The van der Waals surface area contributed by atoms with Crippen LogP contribution in [0.2, 0.25) is 5.02 Å². The van der Waals surface area contributed by atoms with Crippen molar-refractivity contribution in [3.8, 4) is 11.8 Å². The van der Waals surface area contributed by atoms with Crippen LogP contribution in [-0.2, 0) is 9.59 Å². The van der Waals surface area contributed by atoms with Crippen molar-refractivity contribution in [2.45, 2.75) is 19.9 Å². The number of aliphatic hydroxyl groups excluding tert-OH is 1. The lowest BCUT2D eigenvalue weighted by Gasteiger charge is -2.27. The van der Waals surface area contributed by atoms with Gasteiger partial charge in [-0.05, 0) is 66.9 Å². The highest BCUT2D eigenvalue weighted by molar-refractivity contribution is 6.51. The van der Waals surface area contributed by atoms with Crippen LogP contribution in [0.5, 0.6) is 5.75 Å². The maximum absolute atomic E-state index is 13.4. The molecule has 0 aliphatic carbocycles. The molecular formula is C27H21ClN2O4. The first-order valence-corrected chi connectivity index (χ1v) is 10.9. The summed E-state index contributed by atoms with van der Waals surface area (Å²) in [6.07, 6.45) is 0. The first-order chi connectivity index (χ1) is 16.3. The molecule has 1 amide bonds. The van der Waals surface area contributed by atoms with Crippen LogP contribution in [0.15, 0.2) is 66.2 Å². The number of anilines is 1. The Morgan fingerprint density at radius 2 is 1.76 bits per heavy atom. The summed E-state index contributed by atoms with van der Waals surface area (Å²) in [5.74, 6) is -1.77. The highest BCUT2D eigenvalue weighted by Gasteiger charge is 2.47. The number of amides is 1. The van der Waals surface area contributed by atoms with E-state index in [1.807, 2.05) is 37.3 Å². The number of nitriles is 1. The minimum absolute atomic E-state index is 0.0661. The van der Waals surface area contributed by atoms with E-state index in [9.17, 15) is 14.7 Å². The topological polar surface area (TPSA) is 90.6 Å². The van der Waals surface area contributed by atoms with E-state index in [-0.39, 0.29) is 27.7 Å². The molecule has 4 rings (SSSR count). The number of methoxy groups -OCH3 is 1. The predicted octanol–water partition coefficient (Wildman–Crippen LogP) is 5.46. The molecule has 0 aromatic heterocycles. The van der Waals surface area contributed by atoms with Gasteiger partial charge in [0.05, 0.1) is 40.9 Å². The number of hydrogen-bond donors (Lipinski definition) is 1. The second-order valence-electron chi connectivity index (χ2n) is 8.01. The molecule has 0 saturated carbocycles. The largest absolute Gasteiger partial charge is 0.507 e. The van der Waals surface area contributed by atoms with E-state index in [2.05, 4.69) is 0 Å². The van der Waals surface area contributed by atoms with Gasteiger partial charge in [-0.3, -0.25) is 14.5 Å². The average molecular weight is 473 g/mol. The number of ketones is 1. The smallest absolute Gasteiger partial charge is 0.300 e. The maximum atomic E-state index is 13.4. The number of carbonyl (C=O) groups is 2. The van der Waals surface area contributed by atoms with Crippen molar-refractivity contribution in [2.75, 3.05) is 12.0 Å². The van der Waals surface area contributed by atoms with Crippen LogP contribution < -0.4 is 9.64 Å². The van der Waals surface area contributed by atoms with Crippen molar-refractivity contribution in [1.29, 1.82) is 5.26 Å². The Hall–Kier alpha value is -4.08. The summed E-state index contributed by atoms with van der Waals surface area (Å²) in [5, 5.41) is 20.9. The summed E-state index contributed by atoms with van der Waals surface area (Å²) in [5.41, 5.74) is 3.29. The highest BCUT2D eigenvalue weighted by atomic mass is 35.5. The first kappa shape index (κ1) is 23.1. The Morgan fingerprint density at radius 3 is 2.38 bits per heavy atom. The summed E-state index contributed by atoms with van der Waals surface area (Å²) in [6, 6.07) is 18.2. The molecule has 7 heteroatoms. The summed E-state index contributed by atoms with van der Waals surface area (Å²) in [6.45, 7) is 3.68. The molecule has 6 nitrogen and oxygen atoms in total. The monoisotopic (exact) mass is 472 g/mol. The van der Waals surface area contributed by atoms with E-state index in [0.717, 1.165) is 11.1 Å². The van der Waals surface area contributed by atoms with E-state index in [0.29, 0.717) is 16.8 Å². The van der Waals surface area contributed by atoms with Crippen molar-refractivity contribution in [2.24, 2.45) is 0 Å². The van der Waals surface area contributed by atoms with Crippen LogP contribution in [0.3, 0.4) is 0 Å². The molecule has 1 fully saturated rings. The zero-order valence-electron chi connectivity index (χ0n) is 18.8. The minimum atomic E-state index is -0.891. The summed E-state index contributed by atoms with van der Waals surface area (Å²) in [7, 11) is 1.42. The lowest BCUT2D eigenvalue weighted by atomic mass is 9.92.